The molecule has 4 heteroatoms. The topological polar surface area (TPSA) is 39.1 Å². The largest absolute Gasteiger partial charge is 0.289 e. The van der Waals surface area contributed by atoms with Crippen LogP contribution in [-0.4, -0.2) is 10.5 Å². The molecule has 3 nitrogen and oxygen atoms in total. The molecule has 0 radical (unpaired) electrons. The van der Waals surface area contributed by atoms with E-state index in [0.717, 1.165) is 5.56 Å². The monoisotopic (exact) mass is 297 g/mol. The highest BCUT2D eigenvalue weighted by atomic mass is 35.5. The summed E-state index contributed by atoms with van der Waals surface area (Å²) in [6, 6.07) is 15.9. The lowest BCUT2D eigenvalue weighted by Crippen LogP contribution is -2.16. The first-order valence-corrected chi connectivity index (χ1v) is 6.88. The summed E-state index contributed by atoms with van der Waals surface area (Å²) in [6.45, 7) is 1.46. The second kappa shape index (κ2) is 5.19. The van der Waals surface area contributed by atoms with Crippen molar-refractivity contribution in [3.63, 3.8) is 0 Å². The first-order chi connectivity index (χ1) is 10.1. The van der Waals surface area contributed by atoms with Gasteiger partial charge in [0.25, 0.3) is 0 Å². The van der Waals surface area contributed by atoms with Gasteiger partial charge in [-0.05, 0) is 17.7 Å². The molecule has 0 aliphatic rings. The van der Waals surface area contributed by atoms with E-state index in [1.807, 2.05) is 30.3 Å². The van der Waals surface area contributed by atoms with E-state index in [0.29, 0.717) is 21.6 Å². The Labute approximate surface area is 126 Å². The van der Waals surface area contributed by atoms with Crippen LogP contribution in [0.4, 0.5) is 0 Å². The lowest BCUT2D eigenvalue weighted by molar-refractivity contribution is 0.0943. The number of pyridine rings is 1. The van der Waals surface area contributed by atoms with Crippen LogP contribution in [0.15, 0.2) is 59.4 Å². The van der Waals surface area contributed by atoms with Gasteiger partial charge in [0.1, 0.15) is 0 Å². The molecule has 0 fully saturated rings. The Morgan fingerprint density at radius 1 is 1.05 bits per heavy atom. The summed E-state index contributed by atoms with van der Waals surface area (Å²) < 4.78 is 1.49. The number of hydrogen-bond acceptors (Lipinski definition) is 2. The van der Waals surface area contributed by atoms with Gasteiger partial charge in [-0.1, -0.05) is 48.0 Å². The summed E-state index contributed by atoms with van der Waals surface area (Å²) in [5.41, 5.74) is 1.65. The molecule has 0 N–H and O–H groups in total. The van der Waals surface area contributed by atoms with Crippen molar-refractivity contribution in [2.24, 2.45) is 0 Å². The van der Waals surface area contributed by atoms with Gasteiger partial charge < -0.3 is 0 Å². The molecule has 0 aliphatic carbocycles. The number of fused-ring (bicyclic) bond motifs is 1. The molecule has 1 heterocycles. The zero-order valence-corrected chi connectivity index (χ0v) is 12.1. The van der Waals surface area contributed by atoms with Gasteiger partial charge in [0.05, 0.1) is 16.2 Å². The number of rotatable bonds is 1. The minimum Gasteiger partial charge on any atom is -0.289 e. The Bertz CT molecular complexity index is 898. The van der Waals surface area contributed by atoms with Gasteiger partial charge in [-0.2, -0.15) is 0 Å². The molecule has 0 spiro atoms. The van der Waals surface area contributed by atoms with Crippen LogP contribution in [0.5, 0.6) is 0 Å². The number of carbonyl (C=O) groups is 1. The number of aromatic nitrogens is 1. The van der Waals surface area contributed by atoms with Gasteiger partial charge in [0.2, 0.25) is 5.91 Å². The standard InChI is InChI=1S/C17H12ClNO2/c1-11(20)19-15(12-6-3-2-4-7-12)10-16(21)13-8-5-9-14(18)17(13)19/h2-10H,1H3. The molecule has 104 valence electrons. The molecule has 0 atom stereocenters. The summed E-state index contributed by atoms with van der Waals surface area (Å²) in [4.78, 5) is 24.4. The van der Waals surface area contributed by atoms with Gasteiger partial charge in [0.15, 0.2) is 5.43 Å². The van der Waals surface area contributed by atoms with Gasteiger partial charge in [-0.25, -0.2) is 0 Å². The maximum atomic E-state index is 12.3. The van der Waals surface area contributed by atoms with Crippen LogP contribution < -0.4 is 5.43 Å². The van der Waals surface area contributed by atoms with Gasteiger partial charge in [-0.3, -0.25) is 14.2 Å². The molecule has 3 rings (SSSR count). The Morgan fingerprint density at radius 3 is 2.43 bits per heavy atom. The van der Waals surface area contributed by atoms with Crippen LogP contribution in [0, 0.1) is 0 Å². The van der Waals surface area contributed by atoms with Crippen molar-refractivity contribution in [2.45, 2.75) is 6.92 Å². The third kappa shape index (κ3) is 2.26. The van der Waals surface area contributed by atoms with Gasteiger partial charge in [-0.15, -0.1) is 0 Å². The predicted octanol–water partition coefficient (Wildman–Crippen LogP) is 3.98. The summed E-state index contributed by atoms with van der Waals surface area (Å²) in [5.74, 6) is -0.188. The zero-order valence-electron chi connectivity index (χ0n) is 11.3. The SMILES string of the molecule is CC(=O)n1c(-c2ccccc2)cc(=O)c2cccc(Cl)c21. The highest BCUT2D eigenvalue weighted by Gasteiger charge is 2.15. The van der Waals surface area contributed by atoms with Crippen LogP contribution >= 0.6 is 11.6 Å². The Kier molecular flexibility index (Phi) is 3.35. The fourth-order valence-electron chi connectivity index (χ4n) is 2.48. The maximum Gasteiger partial charge on any atom is 0.228 e. The maximum absolute atomic E-state index is 12.3. The number of hydrogen-bond donors (Lipinski definition) is 0. The minimum atomic E-state index is -0.188. The third-order valence-corrected chi connectivity index (χ3v) is 3.67. The number of halogens is 1. The predicted molar refractivity (Wildman–Crippen MR) is 85.0 cm³/mol. The first kappa shape index (κ1) is 13.6. The molecule has 0 aliphatic heterocycles. The van der Waals surface area contributed by atoms with Crippen molar-refractivity contribution in [1.82, 2.24) is 4.57 Å². The van der Waals surface area contributed by atoms with E-state index in [4.69, 9.17) is 11.6 Å². The highest BCUT2D eigenvalue weighted by molar-refractivity contribution is 6.35. The van der Waals surface area contributed by atoms with E-state index < -0.39 is 0 Å². The van der Waals surface area contributed by atoms with Crippen LogP contribution in [0.25, 0.3) is 22.2 Å². The highest BCUT2D eigenvalue weighted by Crippen LogP contribution is 2.27. The van der Waals surface area contributed by atoms with Crippen LogP contribution in [0.1, 0.15) is 11.7 Å². The van der Waals surface area contributed by atoms with E-state index >= 15 is 0 Å². The molecule has 21 heavy (non-hydrogen) atoms. The molecule has 2 aromatic carbocycles. The molecule has 0 unspecified atom stereocenters. The van der Waals surface area contributed by atoms with E-state index in [1.165, 1.54) is 17.6 Å². The van der Waals surface area contributed by atoms with Crippen molar-refractivity contribution < 1.29 is 4.79 Å². The molecule has 0 saturated carbocycles. The lowest BCUT2D eigenvalue weighted by atomic mass is 10.1. The molecule has 0 amide bonds. The molecular formula is C17H12ClNO2. The van der Waals surface area contributed by atoms with Crippen LogP contribution in [0.2, 0.25) is 5.02 Å². The van der Waals surface area contributed by atoms with Crippen molar-refractivity contribution in [2.75, 3.05) is 0 Å². The second-order valence-electron chi connectivity index (χ2n) is 4.75. The quantitative estimate of drug-likeness (QED) is 0.681. The van der Waals surface area contributed by atoms with Crippen molar-refractivity contribution >= 4 is 28.4 Å². The van der Waals surface area contributed by atoms with E-state index in [1.54, 1.807) is 18.2 Å². The molecule has 0 saturated heterocycles. The molecule has 0 bridgehead atoms. The number of carbonyl (C=O) groups excluding carboxylic acids is 1. The van der Waals surface area contributed by atoms with E-state index in [-0.39, 0.29) is 11.3 Å². The first-order valence-electron chi connectivity index (χ1n) is 6.50. The molecule has 1 aromatic heterocycles. The summed E-state index contributed by atoms with van der Waals surface area (Å²) in [7, 11) is 0. The van der Waals surface area contributed by atoms with E-state index in [2.05, 4.69) is 0 Å². The lowest BCUT2D eigenvalue weighted by Gasteiger charge is -2.15. The Balaban J connectivity index is 2.52. The Hall–Kier alpha value is -2.39. The number of para-hydroxylation sites is 1. The summed E-state index contributed by atoms with van der Waals surface area (Å²) in [5, 5.41) is 0.829. The van der Waals surface area contributed by atoms with Crippen molar-refractivity contribution in [1.29, 1.82) is 0 Å². The summed E-state index contributed by atoms with van der Waals surface area (Å²) >= 11 is 6.23. The van der Waals surface area contributed by atoms with E-state index in [9.17, 15) is 9.59 Å². The minimum absolute atomic E-state index is 0.149. The normalized spacial score (nSPS) is 10.8. The van der Waals surface area contributed by atoms with Gasteiger partial charge in [0, 0.05) is 18.4 Å². The third-order valence-electron chi connectivity index (χ3n) is 3.37. The van der Waals surface area contributed by atoms with Crippen LogP contribution in [-0.2, 0) is 0 Å². The fourth-order valence-corrected chi connectivity index (χ4v) is 2.74. The molecule has 3 aromatic rings. The van der Waals surface area contributed by atoms with Crippen molar-refractivity contribution in [3.05, 3.63) is 69.8 Å². The Morgan fingerprint density at radius 2 is 1.76 bits per heavy atom. The smallest absolute Gasteiger partial charge is 0.228 e. The van der Waals surface area contributed by atoms with Crippen molar-refractivity contribution in [3.8, 4) is 11.3 Å². The van der Waals surface area contributed by atoms with Gasteiger partial charge >= 0.3 is 0 Å². The average Bonchev–Trinajstić information content (AvgIpc) is 2.48. The molecular weight excluding hydrogens is 286 g/mol. The number of nitrogens with zero attached hydrogens (tertiary/aromatic N) is 1. The zero-order chi connectivity index (χ0) is 15.0. The summed E-state index contributed by atoms with van der Waals surface area (Å²) in [6.07, 6.45) is 0. The average molecular weight is 298 g/mol. The fraction of sp³-hybridized carbons (Fsp3) is 0.0588. The second-order valence-corrected chi connectivity index (χ2v) is 5.16. The van der Waals surface area contributed by atoms with Crippen LogP contribution in [0.3, 0.4) is 0 Å². The number of benzene rings is 2.